The summed E-state index contributed by atoms with van der Waals surface area (Å²) in [5, 5.41) is 13.9. The van der Waals surface area contributed by atoms with E-state index in [2.05, 4.69) is 16.5 Å². The molecule has 0 aliphatic heterocycles. The van der Waals surface area contributed by atoms with Crippen molar-refractivity contribution in [2.45, 2.75) is 6.54 Å². The molecular formula is C20H18N4O5S. The number of pyridine rings is 1. The van der Waals surface area contributed by atoms with Gasteiger partial charge in [0.25, 0.3) is 5.69 Å². The highest BCUT2D eigenvalue weighted by Gasteiger charge is 2.27. The number of thiazole rings is 1. The molecule has 0 unspecified atom stereocenters. The van der Waals surface area contributed by atoms with E-state index in [1.807, 2.05) is 0 Å². The molecule has 1 aromatic carbocycles. The number of methoxy groups -OCH3 is 1. The highest BCUT2D eigenvalue weighted by atomic mass is 32.1. The largest absolute Gasteiger partial charge is 0.496 e. The lowest BCUT2D eigenvalue weighted by Crippen LogP contribution is -2.32. The summed E-state index contributed by atoms with van der Waals surface area (Å²) in [6, 6.07) is 8.07. The number of aromatic nitrogens is 2. The summed E-state index contributed by atoms with van der Waals surface area (Å²) in [5.41, 5.74) is 0.906. The van der Waals surface area contributed by atoms with Gasteiger partial charge in [0.2, 0.25) is 0 Å². The second kappa shape index (κ2) is 9.61. The maximum absolute atomic E-state index is 12.7. The van der Waals surface area contributed by atoms with Crippen LogP contribution in [0.5, 0.6) is 5.75 Å². The molecule has 0 bridgehead atoms. The van der Waals surface area contributed by atoms with Gasteiger partial charge in [0.15, 0.2) is 0 Å². The Morgan fingerprint density at radius 2 is 2.10 bits per heavy atom. The van der Waals surface area contributed by atoms with Crippen LogP contribution in [0.25, 0.3) is 10.6 Å². The Bertz CT molecular complexity index is 1050. The molecule has 0 radical (unpaired) electrons. The molecule has 3 rings (SSSR count). The van der Waals surface area contributed by atoms with Crippen LogP contribution >= 0.6 is 11.3 Å². The number of hydrogen-bond donors (Lipinski definition) is 0. The molecule has 3 aromatic rings. The Morgan fingerprint density at radius 1 is 1.33 bits per heavy atom. The summed E-state index contributed by atoms with van der Waals surface area (Å²) in [7, 11) is 1.41. The average molecular weight is 426 g/mol. The lowest BCUT2D eigenvalue weighted by molar-refractivity contribution is -0.385. The van der Waals surface area contributed by atoms with Gasteiger partial charge >= 0.3 is 6.09 Å². The number of nitro benzene ring substituents is 1. The van der Waals surface area contributed by atoms with E-state index in [0.717, 1.165) is 5.56 Å². The SMILES string of the molecule is C=CCOC(=O)N(Cc1c(OC)cccc1[N+](=O)[O-])c1csc(-c2ccncc2)n1. The smallest absolute Gasteiger partial charge is 0.416 e. The van der Waals surface area contributed by atoms with Crippen molar-refractivity contribution >= 4 is 28.9 Å². The molecule has 30 heavy (non-hydrogen) atoms. The number of nitrogens with zero attached hydrogens (tertiary/aromatic N) is 4. The number of amides is 1. The minimum absolute atomic E-state index is 0.00923. The van der Waals surface area contributed by atoms with Gasteiger partial charge < -0.3 is 9.47 Å². The number of nitro groups is 1. The molecule has 0 aliphatic carbocycles. The maximum Gasteiger partial charge on any atom is 0.416 e. The predicted molar refractivity (Wildman–Crippen MR) is 113 cm³/mol. The van der Waals surface area contributed by atoms with Crippen LogP contribution in [0.4, 0.5) is 16.3 Å². The van der Waals surface area contributed by atoms with Crippen molar-refractivity contribution in [3.05, 3.63) is 76.4 Å². The minimum Gasteiger partial charge on any atom is -0.496 e. The average Bonchev–Trinajstić information content (AvgIpc) is 3.26. The molecule has 1 amide bonds. The third-order valence-corrected chi connectivity index (χ3v) is 4.96. The van der Waals surface area contributed by atoms with Gasteiger partial charge in [0, 0.05) is 29.4 Å². The molecule has 0 aliphatic rings. The molecule has 0 N–H and O–H groups in total. The van der Waals surface area contributed by atoms with E-state index in [1.54, 1.807) is 36.0 Å². The van der Waals surface area contributed by atoms with E-state index >= 15 is 0 Å². The number of hydrogen-bond acceptors (Lipinski definition) is 8. The van der Waals surface area contributed by atoms with Crippen LogP contribution in [0, 0.1) is 10.1 Å². The first-order valence-corrected chi connectivity index (χ1v) is 9.64. The van der Waals surface area contributed by atoms with Crippen LogP contribution in [0.3, 0.4) is 0 Å². The first-order chi connectivity index (χ1) is 14.5. The predicted octanol–water partition coefficient (Wildman–Crippen LogP) is 4.45. The summed E-state index contributed by atoms with van der Waals surface area (Å²) in [6.07, 6.45) is 4.02. The van der Waals surface area contributed by atoms with Crippen LogP contribution in [0.15, 0.2) is 60.8 Å². The molecule has 2 heterocycles. The molecule has 2 aromatic heterocycles. The zero-order valence-electron chi connectivity index (χ0n) is 16.1. The third-order valence-electron chi connectivity index (χ3n) is 4.08. The van der Waals surface area contributed by atoms with Gasteiger partial charge in [-0.2, -0.15) is 0 Å². The molecule has 0 saturated carbocycles. The van der Waals surface area contributed by atoms with Crippen LogP contribution < -0.4 is 9.64 Å². The van der Waals surface area contributed by atoms with Gasteiger partial charge in [-0.15, -0.1) is 11.3 Å². The molecule has 0 saturated heterocycles. The lowest BCUT2D eigenvalue weighted by atomic mass is 10.1. The van der Waals surface area contributed by atoms with Gasteiger partial charge in [-0.1, -0.05) is 18.7 Å². The summed E-state index contributed by atoms with van der Waals surface area (Å²) in [4.78, 5) is 33.5. The third kappa shape index (κ3) is 4.61. The van der Waals surface area contributed by atoms with E-state index in [4.69, 9.17) is 9.47 Å². The zero-order valence-corrected chi connectivity index (χ0v) is 16.9. The highest BCUT2D eigenvalue weighted by Crippen LogP contribution is 2.33. The summed E-state index contributed by atoms with van der Waals surface area (Å²) in [5.74, 6) is 0.594. The van der Waals surface area contributed by atoms with Crippen LogP contribution in [0.1, 0.15) is 5.56 Å². The Kier molecular flexibility index (Phi) is 6.71. The quantitative estimate of drug-likeness (QED) is 0.297. The first-order valence-electron chi connectivity index (χ1n) is 8.76. The number of anilines is 1. The number of benzene rings is 1. The van der Waals surface area contributed by atoms with Crippen LogP contribution in [0.2, 0.25) is 0 Å². The van der Waals surface area contributed by atoms with Crippen LogP contribution in [-0.2, 0) is 11.3 Å². The standard InChI is InChI=1S/C20H18N4O5S/c1-3-11-29-20(25)23(12-15-16(24(26)27)5-4-6-17(15)28-2)18-13-30-19(22-18)14-7-9-21-10-8-14/h3-10,13H,1,11-12H2,2H3. The van der Waals surface area contributed by atoms with Crippen molar-refractivity contribution in [2.75, 3.05) is 18.6 Å². The highest BCUT2D eigenvalue weighted by molar-refractivity contribution is 7.13. The Balaban J connectivity index is 2.01. The monoisotopic (exact) mass is 426 g/mol. The summed E-state index contributed by atoms with van der Waals surface area (Å²) < 4.78 is 10.5. The van der Waals surface area contributed by atoms with Crippen molar-refractivity contribution in [2.24, 2.45) is 0 Å². The van der Waals surface area contributed by atoms with Gasteiger partial charge in [0.1, 0.15) is 23.2 Å². The fourth-order valence-electron chi connectivity index (χ4n) is 2.70. The fourth-order valence-corrected chi connectivity index (χ4v) is 3.51. The maximum atomic E-state index is 12.7. The van der Waals surface area contributed by atoms with Crippen LogP contribution in [-0.4, -0.2) is 34.7 Å². The summed E-state index contributed by atoms with van der Waals surface area (Å²) >= 11 is 1.33. The van der Waals surface area contributed by atoms with Crippen molar-refractivity contribution in [3.63, 3.8) is 0 Å². The fraction of sp³-hybridized carbons (Fsp3) is 0.150. The molecule has 9 nitrogen and oxygen atoms in total. The first kappa shape index (κ1) is 20.9. The number of ether oxygens (including phenoxy) is 2. The Hall–Kier alpha value is -3.79. The van der Waals surface area contributed by atoms with Gasteiger partial charge in [-0.3, -0.25) is 20.0 Å². The second-order valence-electron chi connectivity index (χ2n) is 5.91. The van der Waals surface area contributed by atoms with Crippen molar-refractivity contribution < 1.29 is 19.2 Å². The molecule has 0 atom stereocenters. The molecule has 0 spiro atoms. The Labute approximate surface area is 176 Å². The second-order valence-corrected chi connectivity index (χ2v) is 6.77. The van der Waals surface area contributed by atoms with Crippen molar-refractivity contribution in [3.8, 4) is 16.3 Å². The van der Waals surface area contributed by atoms with Gasteiger partial charge in [-0.25, -0.2) is 9.78 Å². The normalized spacial score (nSPS) is 10.3. The summed E-state index contributed by atoms with van der Waals surface area (Å²) in [6.45, 7) is 3.37. The zero-order chi connectivity index (χ0) is 21.5. The Morgan fingerprint density at radius 3 is 2.77 bits per heavy atom. The molecule has 154 valence electrons. The van der Waals surface area contributed by atoms with Crippen molar-refractivity contribution in [1.29, 1.82) is 0 Å². The van der Waals surface area contributed by atoms with Gasteiger partial charge in [-0.05, 0) is 18.2 Å². The van der Waals surface area contributed by atoms with E-state index < -0.39 is 11.0 Å². The lowest BCUT2D eigenvalue weighted by Gasteiger charge is -2.20. The number of rotatable bonds is 8. The molecular weight excluding hydrogens is 408 g/mol. The molecule has 0 fully saturated rings. The number of carbonyl (C=O) groups is 1. The van der Waals surface area contributed by atoms with E-state index in [1.165, 1.54) is 41.6 Å². The molecule has 10 heteroatoms. The van der Waals surface area contributed by atoms with Gasteiger partial charge in [0.05, 0.1) is 24.1 Å². The van der Waals surface area contributed by atoms with E-state index in [9.17, 15) is 14.9 Å². The number of carbonyl (C=O) groups excluding carboxylic acids is 1. The van der Waals surface area contributed by atoms with E-state index in [-0.39, 0.29) is 30.2 Å². The van der Waals surface area contributed by atoms with E-state index in [0.29, 0.717) is 10.8 Å². The minimum atomic E-state index is -0.707. The van der Waals surface area contributed by atoms with Crippen molar-refractivity contribution in [1.82, 2.24) is 9.97 Å². The topological polar surface area (TPSA) is 108 Å².